The normalized spacial score (nSPS) is 9.47. The molecule has 2 N–H and O–H groups in total. The summed E-state index contributed by atoms with van der Waals surface area (Å²) >= 11 is 2.20. The standard InChI is InChI=1S/C13H12INO.ClH/c14-12-7-6-11(8-13(12)15)16-9-10-4-2-1-3-5-10;/h1-8H,9,15H2;1H. The Morgan fingerprint density at radius 2 is 1.76 bits per heavy atom. The third kappa shape index (κ3) is 4.09. The molecule has 0 amide bonds. The fourth-order valence-corrected chi connectivity index (χ4v) is 1.69. The number of hydrogen-bond donors (Lipinski definition) is 1. The van der Waals surface area contributed by atoms with Gasteiger partial charge in [0.2, 0.25) is 0 Å². The van der Waals surface area contributed by atoms with Crippen molar-refractivity contribution in [3.05, 3.63) is 57.7 Å². The molecule has 0 radical (unpaired) electrons. The van der Waals surface area contributed by atoms with Crippen molar-refractivity contribution in [1.29, 1.82) is 0 Å². The largest absolute Gasteiger partial charge is 0.489 e. The van der Waals surface area contributed by atoms with Crippen LogP contribution in [0.2, 0.25) is 0 Å². The zero-order valence-corrected chi connectivity index (χ0v) is 12.1. The Balaban J connectivity index is 0.00000144. The smallest absolute Gasteiger partial charge is 0.121 e. The minimum absolute atomic E-state index is 0. The van der Waals surface area contributed by atoms with Crippen LogP contribution in [0.1, 0.15) is 5.56 Å². The maximum absolute atomic E-state index is 5.80. The summed E-state index contributed by atoms with van der Waals surface area (Å²) in [5.41, 5.74) is 7.71. The van der Waals surface area contributed by atoms with Crippen LogP contribution in [0.25, 0.3) is 0 Å². The second-order valence-electron chi connectivity index (χ2n) is 3.46. The topological polar surface area (TPSA) is 35.2 Å². The minimum Gasteiger partial charge on any atom is -0.489 e. The van der Waals surface area contributed by atoms with Gasteiger partial charge in [-0.3, -0.25) is 0 Å². The van der Waals surface area contributed by atoms with Gasteiger partial charge in [-0.15, -0.1) is 12.4 Å². The summed E-state index contributed by atoms with van der Waals surface area (Å²) < 4.78 is 6.69. The van der Waals surface area contributed by atoms with Gasteiger partial charge in [0.15, 0.2) is 0 Å². The van der Waals surface area contributed by atoms with Gasteiger partial charge < -0.3 is 10.5 Å². The van der Waals surface area contributed by atoms with E-state index >= 15 is 0 Å². The quantitative estimate of drug-likeness (QED) is 0.665. The van der Waals surface area contributed by atoms with Crippen LogP contribution in [-0.4, -0.2) is 0 Å². The van der Waals surface area contributed by atoms with E-state index in [0.29, 0.717) is 6.61 Å². The molecular formula is C13H13ClINO. The van der Waals surface area contributed by atoms with Gasteiger partial charge in [-0.2, -0.15) is 0 Å². The molecule has 2 aromatic rings. The van der Waals surface area contributed by atoms with Crippen LogP contribution < -0.4 is 10.5 Å². The lowest BCUT2D eigenvalue weighted by Crippen LogP contribution is -1.96. The number of anilines is 1. The van der Waals surface area contributed by atoms with Crippen LogP contribution in [0.15, 0.2) is 48.5 Å². The Kier molecular flexibility index (Phi) is 5.58. The van der Waals surface area contributed by atoms with Gasteiger partial charge in [0.1, 0.15) is 12.4 Å². The SMILES string of the molecule is Cl.Nc1cc(OCc2ccccc2)ccc1I. The summed E-state index contributed by atoms with van der Waals surface area (Å²) in [5.74, 6) is 0.807. The van der Waals surface area contributed by atoms with Gasteiger partial charge >= 0.3 is 0 Å². The molecule has 0 aliphatic heterocycles. The number of halogens is 2. The van der Waals surface area contributed by atoms with Crippen LogP contribution in [0, 0.1) is 3.57 Å². The number of rotatable bonds is 3. The molecule has 0 spiro atoms. The number of nitrogens with two attached hydrogens (primary N) is 1. The van der Waals surface area contributed by atoms with Crippen molar-refractivity contribution in [3.8, 4) is 5.75 Å². The molecule has 0 atom stereocenters. The van der Waals surface area contributed by atoms with E-state index in [2.05, 4.69) is 22.6 Å². The lowest BCUT2D eigenvalue weighted by molar-refractivity contribution is 0.306. The maximum atomic E-state index is 5.80. The molecule has 4 heteroatoms. The highest BCUT2D eigenvalue weighted by atomic mass is 127. The molecule has 17 heavy (non-hydrogen) atoms. The highest BCUT2D eigenvalue weighted by Crippen LogP contribution is 2.21. The molecule has 0 saturated heterocycles. The van der Waals surface area contributed by atoms with E-state index in [1.165, 1.54) is 0 Å². The third-order valence-corrected chi connectivity index (χ3v) is 3.20. The van der Waals surface area contributed by atoms with E-state index in [9.17, 15) is 0 Å². The Labute approximate surface area is 121 Å². The molecule has 0 aliphatic rings. The highest BCUT2D eigenvalue weighted by molar-refractivity contribution is 14.1. The average molecular weight is 362 g/mol. The molecular weight excluding hydrogens is 349 g/mol. The van der Waals surface area contributed by atoms with Crippen molar-refractivity contribution in [1.82, 2.24) is 0 Å². The lowest BCUT2D eigenvalue weighted by atomic mass is 10.2. The van der Waals surface area contributed by atoms with Crippen molar-refractivity contribution in [2.45, 2.75) is 6.61 Å². The van der Waals surface area contributed by atoms with Gasteiger partial charge in [0.25, 0.3) is 0 Å². The molecule has 0 fully saturated rings. The fourth-order valence-electron chi connectivity index (χ4n) is 1.35. The average Bonchev–Trinajstić information content (AvgIpc) is 2.32. The number of hydrogen-bond acceptors (Lipinski definition) is 2. The number of nitrogen functional groups attached to an aromatic ring is 1. The first-order chi connectivity index (χ1) is 7.75. The summed E-state index contributed by atoms with van der Waals surface area (Å²) in [4.78, 5) is 0. The van der Waals surface area contributed by atoms with E-state index in [1.807, 2.05) is 48.5 Å². The van der Waals surface area contributed by atoms with Crippen LogP contribution in [0.5, 0.6) is 5.75 Å². The molecule has 0 bridgehead atoms. The van der Waals surface area contributed by atoms with Gasteiger partial charge in [0.05, 0.1) is 0 Å². The van der Waals surface area contributed by atoms with Gasteiger partial charge in [-0.1, -0.05) is 30.3 Å². The summed E-state index contributed by atoms with van der Waals surface area (Å²) in [6.45, 7) is 0.570. The Bertz CT molecular complexity index is 476. The van der Waals surface area contributed by atoms with Gasteiger partial charge in [0, 0.05) is 15.3 Å². The molecule has 2 nitrogen and oxygen atoms in total. The predicted molar refractivity (Wildman–Crippen MR) is 81.6 cm³/mol. The van der Waals surface area contributed by atoms with Crippen LogP contribution in [0.4, 0.5) is 5.69 Å². The van der Waals surface area contributed by atoms with E-state index in [4.69, 9.17) is 10.5 Å². The van der Waals surface area contributed by atoms with Crippen molar-refractivity contribution < 1.29 is 4.74 Å². The zero-order chi connectivity index (χ0) is 11.4. The summed E-state index contributed by atoms with van der Waals surface area (Å²) in [6, 6.07) is 15.8. The first-order valence-corrected chi connectivity index (χ1v) is 6.05. The zero-order valence-electron chi connectivity index (χ0n) is 9.10. The van der Waals surface area contributed by atoms with E-state index in [0.717, 1.165) is 20.6 Å². The molecule has 0 aliphatic carbocycles. The third-order valence-electron chi connectivity index (χ3n) is 2.22. The summed E-state index contributed by atoms with van der Waals surface area (Å²) in [5, 5.41) is 0. The predicted octanol–water partition coefficient (Wildman–Crippen LogP) is 3.87. The Morgan fingerprint density at radius 3 is 2.41 bits per heavy atom. The highest BCUT2D eigenvalue weighted by Gasteiger charge is 1.99. The van der Waals surface area contributed by atoms with Gasteiger partial charge in [-0.05, 0) is 40.3 Å². The first kappa shape index (κ1) is 14.1. The van der Waals surface area contributed by atoms with Crippen molar-refractivity contribution in [2.24, 2.45) is 0 Å². The molecule has 90 valence electrons. The second kappa shape index (κ2) is 6.71. The molecule has 0 saturated carbocycles. The first-order valence-electron chi connectivity index (χ1n) is 4.97. The summed E-state index contributed by atoms with van der Waals surface area (Å²) in [6.07, 6.45) is 0. The van der Waals surface area contributed by atoms with Crippen molar-refractivity contribution in [3.63, 3.8) is 0 Å². The van der Waals surface area contributed by atoms with Crippen molar-refractivity contribution >= 4 is 40.7 Å². The molecule has 0 heterocycles. The van der Waals surface area contributed by atoms with Crippen LogP contribution >= 0.6 is 35.0 Å². The van der Waals surface area contributed by atoms with Crippen molar-refractivity contribution in [2.75, 3.05) is 5.73 Å². The van der Waals surface area contributed by atoms with E-state index in [1.54, 1.807) is 0 Å². The molecule has 0 aromatic heterocycles. The summed E-state index contributed by atoms with van der Waals surface area (Å²) in [7, 11) is 0. The minimum atomic E-state index is 0. The maximum Gasteiger partial charge on any atom is 0.121 e. The van der Waals surface area contributed by atoms with Crippen LogP contribution in [0.3, 0.4) is 0 Å². The van der Waals surface area contributed by atoms with Gasteiger partial charge in [-0.25, -0.2) is 0 Å². The number of ether oxygens (including phenoxy) is 1. The molecule has 2 aromatic carbocycles. The monoisotopic (exact) mass is 361 g/mol. The van der Waals surface area contributed by atoms with E-state index < -0.39 is 0 Å². The number of benzene rings is 2. The molecule has 2 rings (SSSR count). The molecule has 0 unspecified atom stereocenters. The second-order valence-corrected chi connectivity index (χ2v) is 4.62. The Hall–Kier alpha value is -0.940. The Morgan fingerprint density at radius 1 is 1.06 bits per heavy atom. The van der Waals surface area contributed by atoms with Crippen LogP contribution in [-0.2, 0) is 6.61 Å². The lowest BCUT2D eigenvalue weighted by Gasteiger charge is -2.07. The fraction of sp³-hybridized carbons (Fsp3) is 0.0769. The van der Waals surface area contributed by atoms with E-state index in [-0.39, 0.29) is 12.4 Å².